The van der Waals surface area contributed by atoms with E-state index in [1.807, 2.05) is 10.6 Å². The summed E-state index contributed by atoms with van der Waals surface area (Å²) in [7, 11) is 0. The lowest BCUT2D eigenvalue weighted by atomic mass is 9.90. The molecule has 0 spiro atoms. The van der Waals surface area contributed by atoms with Gasteiger partial charge in [-0.1, -0.05) is 30.3 Å². The largest absolute Gasteiger partial charge is 0.355 e. The number of piperidine rings is 1. The van der Waals surface area contributed by atoms with Crippen LogP contribution in [0.25, 0.3) is 17.0 Å². The molecule has 1 saturated heterocycles. The summed E-state index contributed by atoms with van der Waals surface area (Å²) in [6.07, 6.45) is 3.58. The molecule has 136 valence electrons. The average molecular weight is 376 g/mol. The molecule has 3 aromatic heterocycles. The summed E-state index contributed by atoms with van der Waals surface area (Å²) < 4.78 is 1.87. The molecule has 1 aromatic carbocycles. The van der Waals surface area contributed by atoms with Gasteiger partial charge in [0.1, 0.15) is 5.82 Å². The quantitative estimate of drug-likeness (QED) is 0.533. The fraction of sp³-hybridized carbons (Fsp3) is 0.286. The average Bonchev–Trinajstić information content (AvgIpc) is 3.38. The zero-order valence-electron chi connectivity index (χ0n) is 15.0. The minimum absolute atomic E-state index is 0.753. The molecule has 0 saturated carbocycles. The number of thiophene rings is 1. The van der Waals surface area contributed by atoms with Gasteiger partial charge in [0.25, 0.3) is 0 Å². The van der Waals surface area contributed by atoms with E-state index in [9.17, 15) is 0 Å². The Morgan fingerprint density at radius 3 is 2.59 bits per heavy atom. The van der Waals surface area contributed by atoms with Gasteiger partial charge in [0.2, 0.25) is 0 Å². The third-order valence-electron chi connectivity index (χ3n) is 5.33. The lowest BCUT2D eigenvalue weighted by molar-refractivity contribution is 0.401. The zero-order valence-corrected chi connectivity index (χ0v) is 15.8. The number of aromatic nitrogens is 4. The second-order valence-electron chi connectivity index (χ2n) is 7.12. The maximum Gasteiger partial charge on any atom is 0.186 e. The highest BCUT2D eigenvalue weighted by atomic mass is 32.1. The maximum absolute atomic E-state index is 4.85. The van der Waals surface area contributed by atoms with Gasteiger partial charge in [-0.2, -0.15) is 15.9 Å². The van der Waals surface area contributed by atoms with Gasteiger partial charge in [0, 0.05) is 24.0 Å². The molecule has 1 fully saturated rings. The predicted molar refractivity (Wildman–Crippen MR) is 109 cm³/mol. The third kappa shape index (κ3) is 3.32. The van der Waals surface area contributed by atoms with Crippen LogP contribution in [-0.4, -0.2) is 32.9 Å². The van der Waals surface area contributed by atoms with Gasteiger partial charge in [-0.05, 0) is 54.3 Å². The number of benzene rings is 1. The van der Waals surface area contributed by atoms with Gasteiger partial charge < -0.3 is 4.90 Å². The molecule has 0 radical (unpaired) electrons. The lowest BCUT2D eigenvalue weighted by Gasteiger charge is -2.32. The Hall–Kier alpha value is -2.73. The highest BCUT2D eigenvalue weighted by molar-refractivity contribution is 7.08. The number of anilines is 1. The fourth-order valence-corrected chi connectivity index (χ4v) is 4.47. The molecule has 0 unspecified atom stereocenters. The molecular weight excluding hydrogens is 354 g/mol. The van der Waals surface area contributed by atoms with E-state index in [0.29, 0.717) is 0 Å². The molecule has 6 heteroatoms. The molecule has 0 N–H and O–H groups in total. The number of nitrogens with zero attached hydrogens (tertiary/aromatic N) is 5. The van der Waals surface area contributed by atoms with Crippen molar-refractivity contribution in [3.05, 3.63) is 64.9 Å². The number of hydrogen-bond acceptors (Lipinski definition) is 5. The summed E-state index contributed by atoms with van der Waals surface area (Å²) in [5, 5.41) is 17.6. The van der Waals surface area contributed by atoms with Crippen molar-refractivity contribution in [1.29, 1.82) is 0 Å². The van der Waals surface area contributed by atoms with E-state index in [2.05, 4.69) is 68.3 Å². The highest BCUT2D eigenvalue weighted by Crippen LogP contribution is 2.26. The number of rotatable bonds is 4. The minimum Gasteiger partial charge on any atom is -0.355 e. The van der Waals surface area contributed by atoms with Crippen LogP contribution >= 0.6 is 11.3 Å². The Bertz CT molecular complexity index is 1020. The minimum atomic E-state index is 0.753. The highest BCUT2D eigenvalue weighted by Gasteiger charge is 2.21. The molecule has 0 atom stereocenters. The van der Waals surface area contributed by atoms with E-state index < -0.39 is 0 Å². The van der Waals surface area contributed by atoms with E-state index in [-0.39, 0.29) is 0 Å². The SMILES string of the molecule is c1ccc(CC2CCN(c3ccc4nnc(-c5ccsc5)n4n3)CC2)cc1. The Morgan fingerprint density at radius 2 is 1.81 bits per heavy atom. The number of hydrogen-bond donors (Lipinski definition) is 0. The predicted octanol–water partition coefficient (Wildman–Crippen LogP) is 4.31. The third-order valence-corrected chi connectivity index (χ3v) is 6.02. The van der Waals surface area contributed by atoms with E-state index in [1.165, 1.54) is 24.8 Å². The van der Waals surface area contributed by atoms with Crippen LogP contribution < -0.4 is 4.90 Å². The molecule has 5 nitrogen and oxygen atoms in total. The van der Waals surface area contributed by atoms with Gasteiger partial charge in [-0.25, -0.2) is 0 Å². The summed E-state index contributed by atoms with van der Waals surface area (Å²) in [4.78, 5) is 2.39. The van der Waals surface area contributed by atoms with Gasteiger partial charge in [-0.15, -0.1) is 15.3 Å². The summed E-state index contributed by atoms with van der Waals surface area (Å²) in [5.41, 5.74) is 3.30. The van der Waals surface area contributed by atoms with Crippen LogP contribution in [0, 0.1) is 5.92 Å². The van der Waals surface area contributed by atoms with Crippen LogP contribution in [0.5, 0.6) is 0 Å². The van der Waals surface area contributed by atoms with Crippen molar-refractivity contribution in [1.82, 2.24) is 19.8 Å². The Labute approximate surface area is 162 Å². The van der Waals surface area contributed by atoms with Gasteiger partial charge >= 0.3 is 0 Å². The molecule has 0 bridgehead atoms. The molecule has 5 rings (SSSR count). The van der Waals surface area contributed by atoms with Crippen molar-refractivity contribution in [2.45, 2.75) is 19.3 Å². The monoisotopic (exact) mass is 375 g/mol. The smallest absolute Gasteiger partial charge is 0.186 e. The maximum atomic E-state index is 4.85. The van der Waals surface area contributed by atoms with Crippen molar-refractivity contribution in [3.63, 3.8) is 0 Å². The Morgan fingerprint density at radius 1 is 0.963 bits per heavy atom. The van der Waals surface area contributed by atoms with Crippen molar-refractivity contribution >= 4 is 22.8 Å². The zero-order chi connectivity index (χ0) is 18.1. The topological polar surface area (TPSA) is 46.3 Å². The van der Waals surface area contributed by atoms with Gasteiger partial charge in [-0.3, -0.25) is 0 Å². The molecule has 0 aliphatic carbocycles. The first kappa shape index (κ1) is 16.4. The summed E-state index contributed by atoms with van der Waals surface area (Å²) in [5.74, 6) is 2.58. The molecular formula is C21H21N5S. The summed E-state index contributed by atoms with van der Waals surface area (Å²) in [6.45, 7) is 2.10. The Balaban J connectivity index is 1.32. The first-order valence-corrected chi connectivity index (χ1v) is 10.3. The standard InChI is InChI=1S/C21H21N5S/c1-2-4-16(5-3-1)14-17-8-11-25(12-9-17)20-7-6-19-22-23-21(26(19)24-20)18-10-13-27-15-18/h1-7,10,13,15,17H,8-9,11-12,14H2. The van der Waals surface area contributed by atoms with Crippen LogP contribution in [0.3, 0.4) is 0 Å². The second kappa shape index (κ2) is 7.12. The van der Waals surface area contributed by atoms with Crippen molar-refractivity contribution < 1.29 is 0 Å². The molecule has 1 aliphatic rings. The van der Waals surface area contributed by atoms with E-state index >= 15 is 0 Å². The Kier molecular flexibility index (Phi) is 4.33. The first-order valence-electron chi connectivity index (χ1n) is 9.41. The molecule has 1 aliphatic heterocycles. The summed E-state index contributed by atoms with van der Waals surface area (Å²) >= 11 is 1.66. The lowest BCUT2D eigenvalue weighted by Crippen LogP contribution is -2.35. The van der Waals surface area contributed by atoms with E-state index in [0.717, 1.165) is 41.9 Å². The van der Waals surface area contributed by atoms with Crippen LogP contribution in [0.1, 0.15) is 18.4 Å². The van der Waals surface area contributed by atoms with Crippen molar-refractivity contribution in [2.24, 2.45) is 5.92 Å². The molecule has 27 heavy (non-hydrogen) atoms. The normalized spacial score (nSPS) is 15.5. The summed E-state index contributed by atoms with van der Waals surface area (Å²) in [6, 6.07) is 17.0. The second-order valence-corrected chi connectivity index (χ2v) is 7.90. The van der Waals surface area contributed by atoms with Gasteiger partial charge in [0.15, 0.2) is 11.5 Å². The van der Waals surface area contributed by atoms with Crippen LogP contribution in [-0.2, 0) is 6.42 Å². The molecule has 4 heterocycles. The van der Waals surface area contributed by atoms with E-state index in [1.54, 1.807) is 11.3 Å². The van der Waals surface area contributed by atoms with E-state index in [4.69, 9.17) is 5.10 Å². The first-order chi connectivity index (χ1) is 13.4. The van der Waals surface area contributed by atoms with Crippen molar-refractivity contribution in [3.8, 4) is 11.4 Å². The molecule has 0 amide bonds. The molecule has 4 aromatic rings. The van der Waals surface area contributed by atoms with Crippen LogP contribution in [0.4, 0.5) is 5.82 Å². The number of fused-ring (bicyclic) bond motifs is 1. The van der Waals surface area contributed by atoms with Crippen molar-refractivity contribution in [2.75, 3.05) is 18.0 Å². The van der Waals surface area contributed by atoms with Crippen LogP contribution in [0.2, 0.25) is 0 Å². The fourth-order valence-electron chi connectivity index (χ4n) is 3.83. The van der Waals surface area contributed by atoms with Crippen LogP contribution in [0.15, 0.2) is 59.3 Å². The van der Waals surface area contributed by atoms with Gasteiger partial charge in [0.05, 0.1) is 0 Å².